The molecular formula is C10H12ClNO2. The molecule has 3 nitrogen and oxygen atoms in total. The van der Waals surface area contributed by atoms with Crippen LogP contribution in [0.3, 0.4) is 0 Å². The van der Waals surface area contributed by atoms with Crippen LogP contribution < -0.4 is 10.5 Å². The summed E-state index contributed by atoms with van der Waals surface area (Å²) in [6.07, 6.45) is 0. The zero-order chi connectivity index (χ0) is 10.7. The number of hydrogen-bond acceptors (Lipinski definition) is 3. The van der Waals surface area contributed by atoms with Crippen LogP contribution in [0.5, 0.6) is 5.75 Å². The van der Waals surface area contributed by atoms with Crippen LogP contribution in [0.1, 0.15) is 12.5 Å². The Morgan fingerprint density at radius 1 is 1.57 bits per heavy atom. The molecule has 0 aliphatic rings. The number of nitrogens with two attached hydrogens (primary N) is 1. The van der Waals surface area contributed by atoms with Crippen LogP contribution in [0.15, 0.2) is 18.2 Å². The molecule has 0 spiro atoms. The van der Waals surface area contributed by atoms with Crippen LogP contribution in [-0.2, 0) is 4.79 Å². The summed E-state index contributed by atoms with van der Waals surface area (Å²) in [5, 5.41) is 0.407. The lowest BCUT2D eigenvalue weighted by atomic mass is 10.2. The van der Waals surface area contributed by atoms with Crippen LogP contribution in [0.4, 0.5) is 0 Å². The van der Waals surface area contributed by atoms with Crippen molar-refractivity contribution in [2.24, 2.45) is 5.73 Å². The number of carbonyl (C=O) groups is 1. The number of ether oxygens (including phenoxy) is 1. The highest BCUT2D eigenvalue weighted by atomic mass is 35.5. The molecule has 0 bridgehead atoms. The predicted octanol–water partition coefficient (Wildman–Crippen LogP) is 1.90. The topological polar surface area (TPSA) is 52.3 Å². The SMILES string of the molecule is Cc1ccc(Cl)c(OC(=O)C(C)N)c1. The lowest BCUT2D eigenvalue weighted by Gasteiger charge is -2.08. The molecule has 0 fully saturated rings. The normalized spacial score (nSPS) is 12.3. The standard InChI is InChI=1S/C10H12ClNO2/c1-6-3-4-8(11)9(5-6)14-10(13)7(2)12/h3-5,7H,12H2,1-2H3. The molecule has 1 rings (SSSR count). The fourth-order valence-electron chi connectivity index (χ4n) is 0.890. The molecule has 0 saturated heterocycles. The molecule has 0 radical (unpaired) electrons. The van der Waals surface area contributed by atoms with E-state index in [9.17, 15) is 4.79 Å². The highest BCUT2D eigenvalue weighted by Crippen LogP contribution is 2.25. The van der Waals surface area contributed by atoms with Crippen LogP contribution in [0.2, 0.25) is 5.02 Å². The first-order valence-corrected chi connectivity index (χ1v) is 4.62. The predicted molar refractivity (Wildman–Crippen MR) is 55.5 cm³/mol. The lowest BCUT2D eigenvalue weighted by molar-refractivity contribution is -0.135. The number of hydrogen-bond donors (Lipinski definition) is 1. The maximum Gasteiger partial charge on any atom is 0.328 e. The van der Waals surface area contributed by atoms with Gasteiger partial charge in [0.25, 0.3) is 0 Å². The maximum atomic E-state index is 11.2. The number of esters is 1. The third-order valence-corrected chi connectivity index (χ3v) is 1.98. The van der Waals surface area contributed by atoms with Gasteiger partial charge in [0.05, 0.1) is 5.02 Å². The minimum absolute atomic E-state index is 0.356. The van der Waals surface area contributed by atoms with Gasteiger partial charge >= 0.3 is 5.97 Å². The van der Waals surface area contributed by atoms with Crippen molar-refractivity contribution in [3.8, 4) is 5.75 Å². The van der Waals surface area contributed by atoms with Crippen molar-refractivity contribution in [1.29, 1.82) is 0 Å². The second kappa shape index (κ2) is 4.44. The van der Waals surface area contributed by atoms with Gasteiger partial charge in [0.15, 0.2) is 0 Å². The molecule has 0 aromatic heterocycles. The third kappa shape index (κ3) is 2.72. The van der Waals surface area contributed by atoms with E-state index < -0.39 is 12.0 Å². The van der Waals surface area contributed by atoms with Gasteiger partial charge in [0.2, 0.25) is 0 Å². The molecule has 0 heterocycles. The minimum atomic E-state index is -0.647. The van der Waals surface area contributed by atoms with Crippen LogP contribution in [-0.4, -0.2) is 12.0 Å². The Bertz CT molecular complexity index is 350. The average Bonchev–Trinajstić information content (AvgIpc) is 2.11. The highest BCUT2D eigenvalue weighted by molar-refractivity contribution is 6.32. The summed E-state index contributed by atoms with van der Waals surface area (Å²) >= 11 is 5.83. The van der Waals surface area contributed by atoms with Crippen LogP contribution in [0, 0.1) is 6.92 Å². The largest absolute Gasteiger partial charge is 0.424 e. The van der Waals surface area contributed by atoms with Crippen LogP contribution >= 0.6 is 11.6 Å². The monoisotopic (exact) mass is 213 g/mol. The molecule has 1 aromatic carbocycles. The fourth-order valence-corrected chi connectivity index (χ4v) is 1.05. The van der Waals surface area contributed by atoms with Crippen molar-refractivity contribution < 1.29 is 9.53 Å². The molecule has 14 heavy (non-hydrogen) atoms. The number of halogens is 1. The van der Waals surface area contributed by atoms with Crippen molar-refractivity contribution >= 4 is 17.6 Å². The summed E-state index contributed by atoms with van der Waals surface area (Å²) < 4.78 is 4.99. The van der Waals surface area contributed by atoms with Gasteiger partial charge in [-0.3, -0.25) is 0 Å². The number of rotatable bonds is 2. The first-order valence-electron chi connectivity index (χ1n) is 4.24. The van der Waals surface area contributed by atoms with Gasteiger partial charge in [-0.15, -0.1) is 0 Å². The fraction of sp³-hybridized carbons (Fsp3) is 0.300. The van der Waals surface area contributed by atoms with Crippen molar-refractivity contribution in [3.05, 3.63) is 28.8 Å². The van der Waals surface area contributed by atoms with E-state index in [0.29, 0.717) is 10.8 Å². The van der Waals surface area contributed by atoms with Gasteiger partial charge in [-0.2, -0.15) is 0 Å². The third-order valence-electron chi connectivity index (χ3n) is 1.67. The number of carbonyl (C=O) groups excluding carboxylic acids is 1. The molecule has 1 unspecified atom stereocenters. The Morgan fingerprint density at radius 3 is 2.79 bits per heavy atom. The Balaban J connectivity index is 2.86. The minimum Gasteiger partial charge on any atom is -0.424 e. The molecule has 0 amide bonds. The quantitative estimate of drug-likeness (QED) is 0.603. The van der Waals surface area contributed by atoms with E-state index in [-0.39, 0.29) is 0 Å². The first kappa shape index (κ1) is 11.0. The van der Waals surface area contributed by atoms with Gasteiger partial charge in [-0.05, 0) is 31.5 Å². The van der Waals surface area contributed by atoms with Crippen molar-refractivity contribution in [1.82, 2.24) is 0 Å². The Morgan fingerprint density at radius 2 is 2.21 bits per heavy atom. The summed E-state index contributed by atoms with van der Waals surface area (Å²) in [5.41, 5.74) is 6.33. The molecule has 0 aliphatic carbocycles. The van der Waals surface area contributed by atoms with Crippen molar-refractivity contribution in [2.45, 2.75) is 19.9 Å². The molecule has 0 saturated carbocycles. The zero-order valence-electron chi connectivity index (χ0n) is 8.08. The number of aryl methyl sites for hydroxylation is 1. The first-order chi connectivity index (χ1) is 6.50. The number of benzene rings is 1. The van der Waals surface area contributed by atoms with E-state index in [1.807, 2.05) is 13.0 Å². The molecular weight excluding hydrogens is 202 g/mol. The lowest BCUT2D eigenvalue weighted by Crippen LogP contribution is -2.30. The Kier molecular flexibility index (Phi) is 3.49. The van der Waals surface area contributed by atoms with Crippen molar-refractivity contribution in [3.63, 3.8) is 0 Å². The molecule has 0 aliphatic heterocycles. The van der Waals surface area contributed by atoms with Crippen molar-refractivity contribution in [2.75, 3.05) is 0 Å². The summed E-state index contributed by atoms with van der Waals surface area (Å²) in [5.74, 6) is -0.133. The average molecular weight is 214 g/mol. The van der Waals surface area contributed by atoms with Gasteiger partial charge in [0.1, 0.15) is 11.8 Å². The van der Waals surface area contributed by atoms with Gasteiger partial charge in [-0.25, -0.2) is 4.79 Å². The zero-order valence-corrected chi connectivity index (χ0v) is 8.84. The van der Waals surface area contributed by atoms with E-state index >= 15 is 0 Å². The van der Waals surface area contributed by atoms with E-state index in [1.165, 1.54) is 0 Å². The molecule has 1 aromatic rings. The Labute approximate surface area is 87.8 Å². The Hall–Kier alpha value is -1.06. The highest BCUT2D eigenvalue weighted by Gasteiger charge is 2.12. The summed E-state index contributed by atoms with van der Waals surface area (Å²) in [7, 11) is 0. The summed E-state index contributed by atoms with van der Waals surface area (Å²) in [6, 6.07) is 4.57. The van der Waals surface area contributed by atoms with Gasteiger partial charge in [0, 0.05) is 0 Å². The summed E-state index contributed by atoms with van der Waals surface area (Å²) in [6.45, 7) is 3.45. The van der Waals surface area contributed by atoms with E-state index in [4.69, 9.17) is 22.1 Å². The molecule has 1 atom stereocenters. The second-order valence-corrected chi connectivity index (χ2v) is 3.55. The van der Waals surface area contributed by atoms with Crippen LogP contribution in [0.25, 0.3) is 0 Å². The van der Waals surface area contributed by atoms with Gasteiger partial charge < -0.3 is 10.5 Å². The molecule has 4 heteroatoms. The second-order valence-electron chi connectivity index (χ2n) is 3.14. The van der Waals surface area contributed by atoms with E-state index in [2.05, 4.69) is 0 Å². The smallest absolute Gasteiger partial charge is 0.328 e. The maximum absolute atomic E-state index is 11.2. The molecule has 76 valence electrons. The van der Waals surface area contributed by atoms with E-state index in [0.717, 1.165) is 5.56 Å². The molecule has 2 N–H and O–H groups in total. The summed E-state index contributed by atoms with van der Waals surface area (Å²) in [4.78, 5) is 11.2. The van der Waals surface area contributed by atoms with E-state index in [1.54, 1.807) is 19.1 Å². The van der Waals surface area contributed by atoms with Gasteiger partial charge in [-0.1, -0.05) is 17.7 Å².